The molecule has 4 atom stereocenters. The van der Waals surface area contributed by atoms with Crippen molar-refractivity contribution in [2.75, 3.05) is 33.2 Å². The average molecular weight is 569 g/mol. The van der Waals surface area contributed by atoms with Gasteiger partial charge in [-0.2, -0.15) is 9.97 Å². The predicted octanol–water partition coefficient (Wildman–Crippen LogP) is 2.32. The highest BCUT2D eigenvalue weighted by molar-refractivity contribution is 7.93. The van der Waals surface area contributed by atoms with Crippen LogP contribution in [0.4, 0.5) is 5.95 Å². The van der Waals surface area contributed by atoms with Crippen molar-refractivity contribution in [3.05, 3.63) is 35.4 Å². The van der Waals surface area contributed by atoms with E-state index >= 15 is 0 Å². The summed E-state index contributed by atoms with van der Waals surface area (Å²) >= 11 is 5.88. The number of nitrogens with zero attached hydrogens (tertiary/aromatic N) is 7. The SMILES string of the molecule is COc1ncnc(OC)c1-n1c(NS(=O)(=O)C(C)C(OC)c2ncc(Cl)cn2)nnc1[C@H]1CC[C@H](OC)C1. The van der Waals surface area contributed by atoms with Crippen LogP contribution in [0.1, 0.15) is 49.9 Å². The van der Waals surface area contributed by atoms with E-state index in [1.54, 1.807) is 7.11 Å². The maximum atomic E-state index is 13.6. The third-order valence-electron chi connectivity index (χ3n) is 6.43. The van der Waals surface area contributed by atoms with Crippen molar-refractivity contribution in [2.45, 2.75) is 49.6 Å². The Morgan fingerprint density at radius 1 is 1.03 bits per heavy atom. The van der Waals surface area contributed by atoms with Crippen molar-refractivity contribution in [3.63, 3.8) is 0 Å². The van der Waals surface area contributed by atoms with E-state index in [9.17, 15) is 8.42 Å². The lowest BCUT2D eigenvalue weighted by molar-refractivity contribution is 0.0950. The quantitative estimate of drug-likeness (QED) is 0.359. The summed E-state index contributed by atoms with van der Waals surface area (Å²) in [5.41, 5.74) is 0.257. The van der Waals surface area contributed by atoms with Gasteiger partial charge in [0, 0.05) is 32.5 Å². The number of hydrogen-bond acceptors (Lipinski definition) is 12. The van der Waals surface area contributed by atoms with Crippen molar-refractivity contribution in [1.29, 1.82) is 0 Å². The molecule has 0 amide bonds. The monoisotopic (exact) mass is 568 g/mol. The van der Waals surface area contributed by atoms with Crippen LogP contribution in [-0.2, 0) is 19.5 Å². The van der Waals surface area contributed by atoms with E-state index in [2.05, 4.69) is 34.9 Å². The van der Waals surface area contributed by atoms with Crippen molar-refractivity contribution in [3.8, 4) is 17.4 Å². The van der Waals surface area contributed by atoms with Crippen LogP contribution in [0.15, 0.2) is 18.7 Å². The second-order valence-electron chi connectivity index (χ2n) is 8.59. The maximum absolute atomic E-state index is 13.6. The first-order valence-corrected chi connectivity index (χ1v) is 13.6. The van der Waals surface area contributed by atoms with Gasteiger partial charge in [0.25, 0.3) is 0 Å². The minimum absolute atomic E-state index is 0.0444. The molecule has 0 aromatic carbocycles. The molecule has 16 heteroatoms. The smallest absolute Gasteiger partial charge is 0.245 e. The van der Waals surface area contributed by atoms with Crippen LogP contribution in [0.5, 0.6) is 11.8 Å². The molecule has 0 saturated heterocycles. The molecular formula is C22H29ClN8O6S. The molecule has 0 spiro atoms. The van der Waals surface area contributed by atoms with E-state index in [1.165, 1.54) is 51.5 Å². The Morgan fingerprint density at radius 3 is 2.24 bits per heavy atom. The number of hydrogen-bond donors (Lipinski definition) is 1. The Kier molecular flexibility index (Phi) is 8.60. The number of ether oxygens (including phenoxy) is 4. The minimum atomic E-state index is -4.14. The molecular weight excluding hydrogens is 540 g/mol. The molecule has 0 aliphatic heterocycles. The normalized spacial score (nSPS) is 19.2. The molecule has 38 heavy (non-hydrogen) atoms. The lowest BCUT2D eigenvalue weighted by Crippen LogP contribution is -2.33. The summed E-state index contributed by atoms with van der Waals surface area (Å²) in [6, 6.07) is 0. The number of anilines is 1. The van der Waals surface area contributed by atoms with E-state index in [-0.39, 0.29) is 41.2 Å². The molecule has 1 N–H and O–H groups in total. The lowest BCUT2D eigenvalue weighted by atomic mass is 10.1. The van der Waals surface area contributed by atoms with E-state index in [0.29, 0.717) is 17.3 Å². The summed E-state index contributed by atoms with van der Waals surface area (Å²) in [5.74, 6) is 0.783. The topological polar surface area (TPSA) is 165 Å². The van der Waals surface area contributed by atoms with Gasteiger partial charge in [0.1, 0.15) is 23.5 Å². The molecule has 0 bridgehead atoms. The maximum Gasteiger partial charge on any atom is 0.245 e. The van der Waals surface area contributed by atoms with Crippen molar-refractivity contribution in [2.24, 2.45) is 0 Å². The first kappa shape index (κ1) is 27.9. The van der Waals surface area contributed by atoms with Gasteiger partial charge in [-0.25, -0.2) is 18.4 Å². The molecule has 0 radical (unpaired) electrons. The minimum Gasteiger partial charge on any atom is -0.479 e. The first-order chi connectivity index (χ1) is 18.2. The van der Waals surface area contributed by atoms with Gasteiger partial charge in [0.15, 0.2) is 11.5 Å². The highest BCUT2D eigenvalue weighted by Crippen LogP contribution is 2.40. The van der Waals surface area contributed by atoms with Crippen LogP contribution < -0.4 is 14.2 Å². The average Bonchev–Trinajstić information content (AvgIpc) is 3.56. The van der Waals surface area contributed by atoms with Crippen molar-refractivity contribution in [1.82, 2.24) is 34.7 Å². The van der Waals surface area contributed by atoms with Crippen LogP contribution in [0.2, 0.25) is 5.02 Å². The van der Waals surface area contributed by atoms with Crippen LogP contribution in [-0.4, -0.2) is 82.9 Å². The summed E-state index contributed by atoms with van der Waals surface area (Å²) in [4.78, 5) is 16.6. The molecule has 3 aromatic heterocycles. The summed E-state index contributed by atoms with van der Waals surface area (Å²) < 4.78 is 53.2. The van der Waals surface area contributed by atoms with Crippen LogP contribution in [0, 0.1) is 0 Å². The van der Waals surface area contributed by atoms with Gasteiger partial charge in [0.05, 0.1) is 25.3 Å². The zero-order valence-electron chi connectivity index (χ0n) is 21.5. The lowest BCUT2D eigenvalue weighted by Gasteiger charge is -2.23. The Morgan fingerprint density at radius 2 is 1.68 bits per heavy atom. The molecule has 3 aromatic rings. The molecule has 4 rings (SSSR count). The zero-order valence-corrected chi connectivity index (χ0v) is 23.1. The van der Waals surface area contributed by atoms with E-state index in [1.807, 2.05) is 0 Å². The fourth-order valence-electron chi connectivity index (χ4n) is 4.43. The standard InChI is InChI=1S/C22H29ClN8O6S/c1-12(17(35-3)18-24-9-14(23)10-25-18)38(32,33)30-22-29-28-19(13-6-7-15(8-13)34-2)31(22)16-20(36-4)26-11-27-21(16)37-5/h9-13,15,17H,6-8H2,1-5H3,(H,29,30)/t12?,13-,15-,17?/m0/s1. The fourth-order valence-corrected chi connectivity index (χ4v) is 5.66. The number of sulfonamides is 1. The summed E-state index contributed by atoms with van der Waals surface area (Å²) in [6.07, 6.45) is 5.33. The molecule has 2 unspecified atom stereocenters. The zero-order chi connectivity index (χ0) is 27.4. The summed E-state index contributed by atoms with van der Waals surface area (Å²) in [5, 5.41) is 7.74. The van der Waals surface area contributed by atoms with Gasteiger partial charge in [-0.1, -0.05) is 11.6 Å². The van der Waals surface area contributed by atoms with Crippen LogP contribution in [0.25, 0.3) is 5.69 Å². The predicted molar refractivity (Wildman–Crippen MR) is 136 cm³/mol. The second kappa shape index (κ2) is 11.7. The van der Waals surface area contributed by atoms with Crippen molar-refractivity contribution >= 4 is 27.6 Å². The third kappa shape index (κ3) is 5.50. The van der Waals surface area contributed by atoms with E-state index in [4.69, 9.17) is 30.5 Å². The number of rotatable bonds is 11. The Labute approximate surface area is 225 Å². The highest BCUT2D eigenvalue weighted by atomic mass is 35.5. The van der Waals surface area contributed by atoms with Crippen LogP contribution in [0.3, 0.4) is 0 Å². The van der Waals surface area contributed by atoms with Crippen molar-refractivity contribution < 1.29 is 27.4 Å². The Hall–Kier alpha value is -3.14. The first-order valence-electron chi connectivity index (χ1n) is 11.7. The number of nitrogens with one attached hydrogen (secondary N) is 1. The number of methoxy groups -OCH3 is 4. The summed E-state index contributed by atoms with van der Waals surface area (Å²) in [7, 11) is 1.77. The van der Waals surface area contributed by atoms with Gasteiger partial charge in [-0.05, 0) is 26.2 Å². The molecule has 1 aliphatic rings. The summed E-state index contributed by atoms with van der Waals surface area (Å²) in [6.45, 7) is 1.48. The van der Waals surface area contributed by atoms with Gasteiger partial charge in [0.2, 0.25) is 27.7 Å². The third-order valence-corrected chi connectivity index (χ3v) is 8.32. The van der Waals surface area contributed by atoms with E-state index in [0.717, 1.165) is 12.8 Å². The van der Waals surface area contributed by atoms with Crippen LogP contribution >= 0.6 is 11.6 Å². The largest absolute Gasteiger partial charge is 0.479 e. The molecule has 1 aliphatic carbocycles. The molecule has 206 valence electrons. The Bertz CT molecular complexity index is 1330. The van der Waals surface area contributed by atoms with Gasteiger partial charge in [-0.3, -0.25) is 9.29 Å². The Balaban J connectivity index is 1.78. The highest BCUT2D eigenvalue weighted by Gasteiger charge is 2.37. The van der Waals surface area contributed by atoms with E-state index < -0.39 is 21.4 Å². The van der Waals surface area contributed by atoms with Gasteiger partial charge in [-0.15, -0.1) is 10.2 Å². The molecule has 3 heterocycles. The molecule has 1 saturated carbocycles. The molecule has 14 nitrogen and oxygen atoms in total. The number of halogens is 1. The number of aromatic nitrogens is 7. The van der Waals surface area contributed by atoms with Gasteiger partial charge >= 0.3 is 0 Å². The molecule has 1 fully saturated rings. The fraction of sp³-hybridized carbons (Fsp3) is 0.545. The second-order valence-corrected chi connectivity index (χ2v) is 11.1. The van der Waals surface area contributed by atoms with Gasteiger partial charge < -0.3 is 18.9 Å².